The summed E-state index contributed by atoms with van der Waals surface area (Å²) in [7, 11) is 1.57. The molecule has 0 aromatic heterocycles. The average molecular weight is 292 g/mol. The lowest BCUT2D eigenvalue weighted by Crippen LogP contribution is -2.41. The van der Waals surface area contributed by atoms with Gasteiger partial charge < -0.3 is 4.74 Å². The van der Waals surface area contributed by atoms with Crippen LogP contribution in [0.4, 0.5) is 0 Å². The molecule has 21 heavy (non-hydrogen) atoms. The van der Waals surface area contributed by atoms with E-state index >= 15 is 0 Å². The summed E-state index contributed by atoms with van der Waals surface area (Å²) in [4.78, 5) is 23.4. The van der Waals surface area contributed by atoms with Crippen molar-refractivity contribution in [3.8, 4) is 5.75 Å². The van der Waals surface area contributed by atoms with Crippen LogP contribution in [-0.2, 0) is 4.79 Å². The number of hydrogen-bond acceptors (Lipinski definition) is 3. The minimum Gasteiger partial charge on any atom is -0.497 e. The molecule has 0 heterocycles. The number of unbranched alkanes of at least 4 members (excludes halogenated alkanes) is 4. The van der Waals surface area contributed by atoms with E-state index in [0.717, 1.165) is 19.3 Å². The Balaban J connectivity index is 2.23. The van der Waals surface area contributed by atoms with Crippen LogP contribution in [0, 0.1) is 0 Å². The number of methoxy groups -OCH3 is 1. The Hall–Kier alpha value is -2.04. The molecule has 0 spiro atoms. The summed E-state index contributed by atoms with van der Waals surface area (Å²) < 4.78 is 5.02. The molecule has 5 nitrogen and oxygen atoms in total. The molecule has 5 heteroatoms. The van der Waals surface area contributed by atoms with Crippen molar-refractivity contribution in [2.75, 3.05) is 7.11 Å². The Morgan fingerprint density at radius 2 is 1.67 bits per heavy atom. The maximum Gasteiger partial charge on any atom is 0.269 e. The molecule has 0 saturated heterocycles. The molecule has 0 radical (unpaired) electrons. The van der Waals surface area contributed by atoms with Crippen LogP contribution in [0.1, 0.15) is 55.8 Å². The SMILES string of the molecule is CCCCCCCC(=O)NNC(=O)c1ccc(OC)cc1. The number of carbonyl (C=O) groups excluding carboxylic acids is 2. The van der Waals surface area contributed by atoms with Gasteiger partial charge in [-0.25, -0.2) is 0 Å². The van der Waals surface area contributed by atoms with E-state index in [1.807, 2.05) is 0 Å². The molecule has 0 atom stereocenters. The van der Waals surface area contributed by atoms with Gasteiger partial charge >= 0.3 is 0 Å². The van der Waals surface area contributed by atoms with Gasteiger partial charge in [-0.2, -0.15) is 0 Å². The van der Waals surface area contributed by atoms with E-state index in [0.29, 0.717) is 17.7 Å². The molecule has 1 aromatic rings. The van der Waals surface area contributed by atoms with E-state index in [4.69, 9.17) is 4.74 Å². The first kappa shape index (κ1) is 17.0. The highest BCUT2D eigenvalue weighted by atomic mass is 16.5. The fourth-order valence-electron chi connectivity index (χ4n) is 1.89. The quantitative estimate of drug-likeness (QED) is 0.572. The molecule has 116 valence electrons. The first-order valence-electron chi connectivity index (χ1n) is 7.40. The number of hydrogen-bond donors (Lipinski definition) is 2. The predicted octanol–water partition coefficient (Wildman–Crippen LogP) is 2.82. The van der Waals surface area contributed by atoms with Crippen LogP contribution in [0.3, 0.4) is 0 Å². The molecule has 0 aliphatic heterocycles. The second-order valence-electron chi connectivity index (χ2n) is 4.90. The number of rotatable bonds is 8. The van der Waals surface area contributed by atoms with Gasteiger partial charge in [0.05, 0.1) is 7.11 Å². The van der Waals surface area contributed by atoms with Crippen molar-refractivity contribution in [3.05, 3.63) is 29.8 Å². The Kier molecular flexibility index (Phi) is 7.94. The molecule has 0 unspecified atom stereocenters. The number of hydrazine groups is 1. The lowest BCUT2D eigenvalue weighted by atomic mass is 10.1. The van der Waals surface area contributed by atoms with Crippen molar-refractivity contribution in [1.82, 2.24) is 10.9 Å². The van der Waals surface area contributed by atoms with Crippen LogP contribution in [-0.4, -0.2) is 18.9 Å². The third-order valence-corrected chi connectivity index (χ3v) is 3.18. The fourth-order valence-corrected chi connectivity index (χ4v) is 1.89. The van der Waals surface area contributed by atoms with Crippen LogP contribution in [0.15, 0.2) is 24.3 Å². The predicted molar refractivity (Wildman–Crippen MR) is 82.0 cm³/mol. The van der Waals surface area contributed by atoms with Gasteiger partial charge in [0.15, 0.2) is 0 Å². The van der Waals surface area contributed by atoms with Crippen LogP contribution in [0.25, 0.3) is 0 Å². The van der Waals surface area contributed by atoms with Crippen LogP contribution >= 0.6 is 0 Å². The third kappa shape index (κ3) is 6.79. The number of benzene rings is 1. The molecule has 1 rings (SSSR count). The topological polar surface area (TPSA) is 67.4 Å². The first-order chi connectivity index (χ1) is 10.2. The van der Waals surface area contributed by atoms with Crippen molar-refractivity contribution in [2.24, 2.45) is 0 Å². The molecule has 2 N–H and O–H groups in total. The van der Waals surface area contributed by atoms with E-state index in [-0.39, 0.29) is 11.8 Å². The number of ether oxygens (including phenoxy) is 1. The monoisotopic (exact) mass is 292 g/mol. The van der Waals surface area contributed by atoms with Crippen LogP contribution in [0.2, 0.25) is 0 Å². The summed E-state index contributed by atoms with van der Waals surface area (Å²) in [5.41, 5.74) is 5.31. The summed E-state index contributed by atoms with van der Waals surface area (Å²) in [6.45, 7) is 2.15. The van der Waals surface area contributed by atoms with Gasteiger partial charge in [0, 0.05) is 12.0 Å². The van der Waals surface area contributed by atoms with Crippen molar-refractivity contribution in [2.45, 2.75) is 45.4 Å². The zero-order valence-corrected chi connectivity index (χ0v) is 12.8. The molecule has 0 aliphatic carbocycles. The van der Waals surface area contributed by atoms with Gasteiger partial charge in [0.2, 0.25) is 5.91 Å². The minimum atomic E-state index is -0.336. The van der Waals surface area contributed by atoms with Gasteiger partial charge in [0.1, 0.15) is 5.75 Å². The van der Waals surface area contributed by atoms with E-state index < -0.39 is 0 Å². The van der Waals surface area contributed by atoms with E-state index in [9.17, 15) is 9.59 Å². The zero-order chi connectivity index (χ0) is 15.5. The molecule has 0 bridgehead atoms. The summed E-state index contributed by atoms with van der Waals surface area (Å²) in [5, 5.41) is 0. The maximum absolute atomic E-state index is 11.8. The van der Waals surface area contributed by atoms with Crippen molar-refractivity contribution >= 4 is 11.8 Å². The third-order valence-electron chi connectivity index (χ3n) is 3.18. The maximum atomic E-state index is 11.8. The van der Waals surface area contributed by atoms with Gasteiger partial charge in [0.25, 0.3) is 5.91 Å². The standard InChI is InChI=1S/C16H24N2O3/c1-3-4-5-6-7-8-15(19)17-18-16(20)13-9-11-14(21-2)12-10-13/h9-12H,3-8H2,1-2H3,(H,17,19)(H,18,20). The smallest absolute Gasteiger partial charge is 0.269 e. The van der Waals surface area contributed by atoms with Crippen molar-refractivity contribution in [3.63, 3.8) is 0 Å². The van der Waals surface area contributed by atoms with Crippen molar-refractivity contribution in [1.29, 1.82) is 0 Å². The Morgan fingerprint density at radius 3 is 2.29 bits per heavy atom. The molecule has 1 aromatic carbocycles. The molecule has 0 aliphatic rings. The van der Waals surface area contributed by atoms with Gasteiger partial charge in [-0.1, -0.05) is 32.6 Å². The normalized spacial score (nSPS) is 10.0. The number of amides is 2. The molecule has 0 saturated carbocycles. The van der Waals surface area contributed by atoms with E-state index in [1.165, 1.54) is 12.8 Å². The van der Waals surface area contributed by atoms with E-state index in [1.54, 1.807) is 31.4 Å². The van der Waals surface area contributed by atoms with E-state index in [2.05, 4.69) is 17.8 Å². The molecular weight excluding hydrogens is 268 g/mol. The van der Waals surface area contributed by atoms with Crippen molar-refractivity contribution < 1.29 is 14.3 Å². The minimum absolute atomic E-state index is 0.159. The largest absolute Gasteiger partial charge is 0.497 e. The van der Waals surface area contributed by atoms with Crippen LogP contribution in [0.5, 0.6) is 5.75 Å². The summed E-state index contributed by atoms with van der Waals surface area (Å²) in [6.07, 6.45) is 5.88. The Morgan fingerprint density at radius 1 is 1.00 bits per heavy atom. The average Bonchev–Trinajstić information content (AvgIpc) is 2.52. The fraction of sp³-hybridized carbons (Fsp3) is 0.500. The van der Waals surface area contributed by atoms with Gasteiger partial charge in [-0.05, 0) is 30.7 Å². The van der Waals surface area contributed by atoms with Gasteiger partial charge in [-0.3, -0.25) is 20.4 Å². The summed E-state index contributed by atoms with van der Waals surface area (Å²) in [5.74, 6) is 0.188. The highest BCUT2D eigenvalue weighted by Crippen LogP contribution is 2.10. The Bertz CT molecular complexity index is 443. The number of carbonyl (C=O) groups is 2. The second-order valence-corrected chi connectivity index (χ2v) is 4.90. The molecule has 2 amide bonds. The first-order valence-corrected chi connectivity index (χ1v) is 7.40. The zero-order valence-electron chi connectivity index (χ0n) is 12.8. The number of nitrogens with one attached hydrogen (secondary N) is 2. The Labute approximate surface area is 126 Å². The lowest BCUT2D eigenvalue weighted by Gasteiger charge is -2.08. The second kappa shape index (κ2) is 9.80. The lowest BCUT2D eigenvalue weighted by molar-refractivity contribution is -0.122. The summed E-state index contributed by atoms with van der Waals surface area (Å²) in [6, 6.07) is 6.69. The summed E-state index contributed by atoms with van der Waals surface area (Å²) >= 11 is 0. The van der Waals surface area contributed by atoms with Crippen LogP contribution < -0.4 is 15.6 Å². The van der Waals surface area contributed by atoms with Gasteiger partial charge in [-0.15, -0.1) is 0 Å². The molecule has 0 fully saturated rings. The highest BCUT2D eigenvalue weighted by Gasteiger charge is 2.07. The molecular formula is C16H24N2O3. The highest BCUT2D eigenvalue weighted by molar-refractivity contribution is 5.95.